The molecule has 0 bridgehead atoms. The number of fused-ring (bicyclic) bond motifs is 1. The van der Waals surface area contributed by atoms with Crippen LogP contribution in [0.4, 0.5) is 0 Å². The van der Waals surface area contributed by atoms with Gasteiger partial charge in [-0.2, -0.15) is 0 Å². The molecule has 1 fully saturated rings. The van der Waals surface area contributed by atoms with Crippen LogP contribution in [-0.2, 0) is 4.79 Å². The predicted octanol–water partition coefficient (Wildman–Crippen LogP) is 3.97. The molecule has 0 spiro atoms. The van der Waals surface area contributed by atoms with E-state index in [4.69, 9.17) is 4.74 Å². The third-order valence-electron chi connectivity index (χ3n) is 5.46. The van der Waals surface area contributed by atoms with Gasteiger partial charge in [0.1, 0.15) is 5.75 Å². The molecule has 4 heteroatoms. The summed E-state index contributed by atoms with van der Waals surface area (Å²) in [7, 11) is 0. The number of rotatable bonds is 5. The van der Waals surface area contributed by atoms with Crippen LogP contribution in [0.15, 0.2) is 36.4 Å². The highest BCUT2D eigenvalue weighted by atomic mass is 16.5. The Morgan fingerprint density at radius 2 is 2.00 bits per heavy atom. The van der Waals surface area contributed by atoms with E-state index in [0.717, 1.165) is 29.9 Å². The van der Waals surface area contributed by atoms with Gasteiger partial charge in [0.15, 0.2) is 12.9 Å². The highest BCUT2D eigenvalue weighted by Crippen LogP contribution is 2.29. The maximum absolute atomic E-state index is 12.3. The van der Waals surface area contributed by atoms with Crippen LogP contribution < -0.4 is 10.1 Å². The lowest BCUT2D eigenvalue weighted by atomic mass is 9.78. The molecular formula is C21H25NO3. The van der Waals surface area contributed by atoms with Gasteiger partial charge in [-0.1, -0.05) is 57.0 Å². The normalized spacial score (nSPS) is 23.2. The van der Waals surface area contributed by atoms with E-state index in [2.05, 4.69) is 19.2 Å². The van der Waals surface area contributed by atoms with Gasteiger partial charge >= 0.3 is 0 Å². The van der Waals surface area contributed by atoms with Gasteiger partial charge in [0, 0.05) is 6.04 Å². The van der Waals surface area contributed by atoms with Gasteiger partial charge in [-0.05, 0) is 35.1 Å². The van der Waals surface area contributed by atoms with E-state index in [9.17, 15) is 9.59 Å². The Morgan fingerprint density at radius 3 is 2.80 bits per heavy atom. The maximum atomic E-state index is 12.3. The molecule has 0 saturated heterocycles. The second-order valence-electron chi connectivity index (χ2n) is 7.05. The van der Waals surface area contributed by atoms with Crippen molar-refractivity contribution in [1.82, 2.24) is 5.32 Å². The fraction of sp³-hybridized carbons (Fsp3) is 0.429. The van der Waals surface area contributed by atoms with Crippen molar-refractivity contribution < 1.29 is 14.3 Å². The van der Waals surface area contributed by atoms with Crippen LogP contribution in [-0.4, -0.2) is 24.8 Å². The SMILES string of the molecule is C[C@@H]1[C@H](C)CCC[C@H]1NC(=O)COc1ccc2ccccc2c1C=O. The highest BCUT2D eigenvalue weighted by Gasteiger charge is 2.28. The van der Waals surface area contributed by atoms with Crippen LogP contribution in [0.5, 0.6) is 5.75 Å². The number of amides is 1. The molecule has 3 rings (SSSR count). The number of ether oxygens (including phenoxy) is 1. The van der Waals surface area contributed by atoms with Crippen LogP contribution in [0.1, 0.15) is 43.5 Å². The summed E-state index contributed by atoms with van der Waals surface area (Å²) >= 11 is 0. The third kappa shape index (κ3) is 3.84. The van der Waals surface area contributed by atoms with E-state index in [1.54, 1.807) is 6.07 Å². The van der Waals surface area contributed by atoms with Crippen molar-refractivity contribution in [3.05, 3.63) is 42.0 Å². The quantitative estimate of drug-likeness (QED) is 0.839. The summed E-state index contributed by atoms with van der Waals surface area (Å²) in [5.41, 5.74) is 0.491. The van der Waals surface area contributed by atoms with Crippen molar-refractivity contribution in [1.29, 1.82) is 0 Å². The lowest BCUT2D eigenvalue weighted by Crippen LogP contribution is -2.45. The first kappa shape index (κ1) is 17.5. The van der Waals surface area contributed by atoms with Gasteiger partial charge in [-0.15, -0.1) is 0 Å². The molecular weight excluding hydrogens is 314 g/mol. The minimum Gasteiger partial charge on any atom is -0.483 e. The molecule has 0 heterocycles. The fourth-order valence-corrected chi connectivity index (χ4v) is 3.70. The Morgan fingerprint density at radius 1 is 1.20 bits per heavy atom. The molecule has 1 aliphatic rings. The Hall–Kier alpha value is -2.36. The zero-order valence-corrected chi connectivity index (χ0v) is 14.8. The molecule has 2 aromatic rings. The first-order chi connectivity index (χ1) is 12.1. The van der Waals surface area contributed by atoms with Gasteiger partial charge in [0.05, 0.1) is 5.56 Å². The number of benzene rings is 2. The standard InChI is InChI=1S/C21H25NO3/c1-14-6-5-9-19(15(14)2)22-21(24)13-25-20-11-10-16-7-3-4-8-17(16)18(20)12-23/h3-4,7-8,10-12,14-15,19H,5-6,9,13H2,1-2H3,(H,22,24)/t14-,15-,19-/m1/s1. The minimum atomic E-state index is -0.129. The molecule has 3 atom stereocenters. The third-order valence-corrected chi connectivity index (χ3v) is 5.46. The van der Waals surface area contributed by atoms with Crippen molar-refractivity contribution in [3.63, 3.8) is 0 Å². The molecule has 132 valence electrons. The summed E-state index contributed by atoms with van der Waals surface area (Å²) in [5.74, 6) is 1.43. The summed E-state index contributed by atoms with van der Waals surface area (Å²) in [6.45, 7) is 4.37. The van der Waals surface area contributed by atoms with Crippen LogP contribution >= 0.6 is 0 Å². The molecule has 0 aliphatic heterocycles. The summed E-state index contributed by atoms with van der Waals surface area (Å²) in [4.78, 5) is 23.8. The summed E-state index contributed by atoms with van der Waals surface area (Å²) in [5, 5.41) is 4.91. The Balaban J connectivity index is 1.66. The van der Waals surface area contributed by atoms with Gasteiger partial charge in [-0.25, -0.2) is 0 Å². The molecule has 0 unspecified atom stereocenters. The maximum Gasteiger partial charge on any atom is 0.258 e. The predicted molar refractivity (Wildman–Crippen MR) is 98.9 cm³/mol. The number of carbonyl (C=O) groups is 2. The topological polar surface area (TPSA) is 55.4 Å². The molecule has 1 saturated carbocycles. The first-order valence-corrected chi connectivity index (χ1v) is 8.99. The van der Waals surface area contributed by atoms with Gasteiger partial charge < -0.3 is 10.1 Å². The van der Waals surface area contributed by atoms with E-state index < -0.39 is 0 Å². The number of hydrogen-bond acceptors (Lipinski definition) is 3. The van der Waals surface area contributed by atoms with Crippen LogP contribution in [0.25, 0.3) is 10.8 Å². The van der Waals surface area contributed by atoms with Crippen molar-refractivity contribution in [2.24, 2.45) is 11.8 Å². The second kappa shape index (κ2) is 7.68. The van der Waals surface area contributed by atoms with E-state index in [0.29, 0.717) is 23.1 Å². The zero-order valence-electron chi connectivity index (χ0n) is 14.8. The molecule has 25 heavy (non-hydrogen) atoms. The average molecular weight is 339 g/mol. The minimum absolute atomic E-state index is 0.0726. The average Bonchev–Trinajstić information content (AvgIpc) is 2.63. The first-order valence-electron chi connectivity index (χ1n) is 8.99. The molecule has 1 aliphatic carbocycles. The lowest BCUT2D eigenvalue weighted by molar-refractivity contribution is -0.124. The second-order valence-corrected chi connectivity index (χ2v) is 7.05. The molecule has 1 N–H and O–H groups in total. The Bertz CT molecular complexity index is 771. The molecule has 0 radical (unpaired) electrons. The van der Waals surface area contributed by atoms with Crippen LogP contribution in [0.2, 0.25) is 0 Å². The number of aldehydes is 1. The van der Waals surface area contributed by atoms with E-state index >= 15 is 0 Å². The molecule has 2 aromatic carbocycles. The van der Waals surface area contributed by atoms with Gasteiger partial charge in [0.2, 0.25) is 0 Å². The van der Waals surface area contributed by atoms with Crippen molar-refractivity contribution in [3.8, 4) is 5.75 Å². The van der Waals surface area contributed by atoms with Gasteiger partial charge in [0.25, 0.3) is 5.91 Å². The van der Waals surface area contributed by atoms with E-state index in [1.807, 2.05) is 30.3 Å². The number of hydrogen-bond donors (Lipinski definition) is 1. The lowest BCUT2D eigenvalue weighted by Gasteiger charge is -2.34. The van der Waals surface area contributed by atoms with Crippen LogP contribution in [0, 0.1) is 11.8 Å². The largest absolute Gasteiger partial charge is 0.483 e. The number of nitrogens with one attached hydrogen (secondary N) is 1. The highest BCUT2D eigenvalue weighted by molar-refractivity contribution is 6.00. The monoisotopic (exact) mass is 339 g/mol. The zero-order chi connectivity index (χ0) is 17.8. The van der Waals surface area contributed by atoms with Gasteiger partial charge in [-0.3, -0.25) is 9.59 Å². The molecule has 4 nitrogen and oxygen atoms in total. The van der Waals surface area contributed by atoms with Crippen molar-refractivity contribution >= 4 is 23.0 Å². The van der Waals surface area contributed by atoms with E-state index in [-0.39, 0.29) is 18.6 Å². The van der Waals surface area contributed by atoms with E-state index in [1.165, 1.54) is 6.42 Å². The smallest absolute Gasteiger partial charge is 0.258 e. The summed E-state index contributed by atoms with van der Waals surface area (Å²) < 4.78 is 5.66. The summed E-state index contributed by atoms with van der Waals surface area (Å²) in [6.07, 6.45) is 4.19. The number of carbonyl (C=O) groups excluding carboxylic acids is 2. The van der Waals surface area contributed by atoms with Crippen LogP contribution in [0.3, 0.4) is 0 Å². The Kier molecular flexibility index (Phi) is 5.37. The fourth-order valence-electron chi connectivity index (χ4n) is 3.70. The molecule has 1 amide bonds. The molecule has 0 aromatic heterocycles. The summed E-state index contributed by atoms with van der Waals surface area (Å²) in [6, 6.07) is 11.5. The van der Waals surface area contributed by atoms with Crippen molar-refractivity contribution in [2.75, 3.05) is 6.61 Å². The van der Waals surface area contributed by atoms with Crippen molar-refractivity contribution in [2.45, 2.75) is 39.2 Å². The Labute approximate surface area is 148 Å².